The Balaban J connectivity index is 1.10. The van der Waals surface area contributed by atoms with Gasteiger partial charge in [0.25, 0.3) is 0 Å². The zero-order chi connectivity index (χ0) is 40.8. The molecule has 0 spiro atoms. The Labute approximate surface area is 356 Å². The Morgan fingerprint density at radius 1 is 0.426 bits per heavy atom. The van der Waals surface area contributed by atoms with Crippen LogP contribution in [-0.4, -0.2) is 5.71 Å². The highest BCUT2D eigenvalue weighted by atomic mass is 14.7. The Morgan fingerprint density at radius 3 is 1.67 bits per heavy atom. The number of benzene rings is 10. The van der Waals surface area contributed by atoms with E-state index in [1.807, 2.05) is 54.6 Å². The molecule has 10 aromatic rings. The van der Waals surface area contributed by atoms with Gasteiger partial charge in [-0.3, -0.25) is 4.99 Å². The average Bonchev–Trinajstić information content (AvgIpc) is 3.64. The van der Waals surface area contributed by atoms with Crippen molar-refractivity contribution in [1.29, 1.82) is 0 Å². The Morgan fingerprint density at radius 2 is 0.967 bits per heavy atom. The number of hydrogen-bond acceptors (Lipinski definition) is 2. The number of hydrogen-bond donors (Lipinski definition) is 1. The molecule has 0 amide bonds. The summed E-state index contributed by atoms with van der Waals surface area (Å²) in [5.41, 5.74) is 21.0. The zero-order valence-electron chi connectivity index (χ0n) is 33.7. The van der Waals surface area contributed by atoms with Gasteiger partial charge in [-0.25, -0.2) is 0 Å². The van der Waals surface area contributed by atoms with Crippen molar-refractivity contribution in [1.82, 2.24) is 0 Å². The molecule has 0 aliphatic heterocycles. The number of rotatable bonds is 8. The predicted molar refractivity (Wildman–Crippen MR) is 257 cm³/mol. The summed E-state index contributed by atoms with van der Waals surface area (Å²) in [5, 5.41) is 7.46. The average molecular weight is 779 g/mol. The summed E-state index contributed by atoms with van der Waals surface area (Å²) in [5.74, 6) is 0. The molecule has 2 nitrogen and oxygen atoms in total. The van der Waals surface area contributed by atoms with E-state index in [0.29, 0.717) is 12.2 Å². The van der Waals surface area contributed by atoms with E-state index in [2.05, 4.69) is 176 Å². The highest BCUT2D eigenvalue weighted by molar-refractivity contribution is 6.28. The lowest BCUT2D eigenvalue weighted by Gasteiger charge is -2.33. The van der Waals surface area contributed by atoms with Crippen LogP contribution < -0.4 is 5.73 Å². The molecule has 0 heterocycles. The molecular weight excluding hydrogens is 737 g/mol. The highest BCUT2D eigenvalue weighted by Crippen LogP contribution is 2.57. The number of fused-ring (bicyclic) bond motifs is 9. The van der Waals surface area contributed by atoms with E-state index in [4.69, 9.17) is 10.7 Å². The molecule has 2 heteroatoms. The third-order valence-electron chi connectivity index (χ3n) is 12.6. The van der Waals surface area contributed by atoms with E-state index in [0.717, 1.165) is 22.4 Å². The van der Waals surface area contributed by atoms with Gasteiger partial charge in [0.15, 0.2) is 0 Å². The number of allylic oxidation sites excluding steroid dienone is 1. The molecule has 61 heavy (non-hydrogen) atoms. The van der Waals surface area contributed by atoms with Crippen molar-refractivity contribution in [3.8, 4) is 22.3 Å². The minimum Gasteiger partial charge on any atom is -0.398 e. The van der Waals surface area contributed by atoms with Gasteiger partial charge in [0, 0.05) is 5.70 Å². The summed E-state index contributed by atoms with van der Waals surface area (Å²) in [6, 6.07) is 81.2. The summed E-state index contributed by atoms with van der Waals surface area (Å²) in [6.45, 7) is 0.506. The lowest BCUT2D eigenvalue weighted by atomic mass is 9.67. The van der Waals surface area contributed by atoms with Crippen molar-refractivity contribution in [2.45, 2.75) is 12.0 Å². The van der Waals surface area contributed by atoms with E-state index in [-0.39, 0.29) is 0 Å². The van der Waals surface area contributed by atoms with Crippen LogP contribution in [-0.2, 0) is 12.0 Å². The van der Waals surface area contributed by atoms with Crippen LogP contribution in [0.2, 0.25) is 0 Å². The maximum absolute atomic E-state index is 6.68. The molecule has 0 bridgehead atoms. The first-order valence-corrected chi connectivity index (χ1v) is 21.0. The summed E-state index contributed by atoms with van der Waals surface area (Å²) in [7, 11) is 0. The molecule has 11 rings (SSSR count). The van der Waals surface area contributed by atoms with E-state index >= 15 is 0 Å². The molecule has 0 saturated heterocycles. The van der Waals surface area contributed by atoms with Crippen molar-refractivity contribution in [2.24, 2.45) is 10.7 Å². The standard InChI is InChI=1S/C59H42N2/c60-56(41-18-5-1-6-19-41)38-57(42-20-7-2-8-21-42)61-39-40-32-34-49-47-26-13-14-27-48(47)51-30-17-29-46(58(51)53(49)36-40)43-33-35-55-52(37-43)50-28-15-16-31-54(50)59(55,44-22-9-3-10-23-44)45-24-11-4-12-25-45/h1-38H,39,60H2/b56-38-,61-57?. The molecule has 0 radical (unpaired) electrons. The largest absolute Gasteiger partial charge is 0.398 e. The van der Waals surface area contributed by atoms with Gasteiger partial charge in [-0.15, -0.1) is 0 Å². The van der Waals surface area contributed by atoms with E-state index < -0.39 is 5.41 Å². The molecule has 1 aliphatic rings. The van der Waals surface area contributed by atoms with Crippen LogP contribution in [0.1, 0.15) is 38.9 Å². The molecular formula is C59H42N2. The second kappa shape index (κ2) is 15.1. The number of nitrogens with zero attached hydrogens (tertiary/aromatic N) is 1. The van der Waals surface area contributed by atoms with Crippen LogP contribution in [0.5, 0.6) is 0 Å². The van der Waals surface area contributed by atoms with Gasteiger partial charge < -0.3 is 5.73 Å². The Hall–Kier alpha value is -7.81. The Kier molecular flexibility index (Phi) is 8.98. The minimum atomic E-state index is -0.441. The van der Waals surface area contributed by atoms with Crippen molar-refractivity contribution in [3.05, 3.63) is 269 Å². The summed E-state index contributed by atoms with van der Waals surface area (Å²) in [6.07, 6.45) is 2.00. The monoisotopic (exact) mass is 778 g/mol. The van der Waals surface area contributed by atoms with E-state index in [9.17, 15) is 0 Å². The fourth-order valence-corrected chi connectivity index (χ4v) is 9.88. The van der Waals surface area contributed by atoms with Crippen molar-refractivity contribution >= 4 is 43.7 Å². The highest BCUT2D eigenvalue weighted by Gasteiger charge is 2.46. The third kappa shape index (κ3) is 6.07. The molecule has 2 N–H and O–H groups in total. The van der Waals surface area contributed by atoms with Crippen molar-refractivity contribution in [2.75, 3.05) is 0 Å². The SMILES string of the molecule is N/C(=C\C(=NCc1ccc2c3ccccc3c3cccc(-c4ccc5c(c4)-c4ccccc4C5(c4ccccc4)c4ccccc4)c3c2c1)c1ccccc1)c1ccccc1. The van der Waals surface area contributed by atoms with Gasteiger partial charge >= 0.3 is 0 Å². The lowest BCUT2D eigenvalue weighted by Crippen LogP contribution is -2.28. The molecule has 0 fully saturated rings. The van der Waals surface area contributed by atoms with Crippen LogP contribution >= 0.6 is 0 Å². The summed E-state index contributed by atoms with van der Waals surface area (Å²) < 4.78 is 0. The first-order valence-electron chi connectivity index (χ1n) is 21.0. The fourth-order valence-electron chi connectivity index (χ4n) is 9.88. The number of nitrogens with two attached hydrogens (primary N) is 1. The second-order valence-corrected chi connectivity index (χ2v) is 16.0. The second-order valence-electron chi connectivity index (χ2n) is 16.0. The third-order valence-corrected chi connectivity index (χ3v) is 12.6. The minimum absolute atomic E-state index is 0.441. The first kappa shape index (κ1) is 36.3. The first-order chi connectivity index (χ1) is 30.2. The van der Waals surface area contributed by atoms with Gasteiger partial charge in [0.2, 0.25) is 0 Å². The van der Waals surface area contributed by atoms with Crippen molar-refractivity contribution in [3.63, 3.8) is 0 Å². The fraction of sp³-hybridized carbons (Fsp3) is 0.0339. The van der Waals surface area contributed by atoms with E-state index in [1.165, 1.54) is 76.8 Å². The van der Waals surface area contributed by atoms with Crippen LogP contribution in [0.25, 0.3) is 60.3 Å². The number of aliphatic imine (C=N–C) groups is 1. The van der Waals surface area contributed by atoms with Crippen LogP contribution in [0.3, 0.4) is 0 Å². The quantitative estimate of drug-likeness (QED) is 0.121. The van der Waals surface area contributed by atoms with Crippen LogP contribution in [0, 0.1) is 0 Å². The van der Waals surface area contributed by atoms with Crippen LogP contribution in [0.4, 0.5) is 0 Å². The predicted octanol–water partition coefficient (Wildman–Crippen LogP) is 14.2. The molecule has 0 atom stereocenters. The van der Waals surface area contributed by atoms with Gasteiger partial charge in [-0.2, -0.15) is 0 Å². The lowest BCUT2D eigenvalue weighted by molar-refractivity contribution is 0.768. The maximum Gasteiger partial charge on any atom is 0.0713 e. The molecule has 1 aliphatic carbocycles. The maximum atomic E-state index is 6.68. The van der Waals surface area contributed by atoms with E-state index in [1.54, 1.807) is 0 Å². The molecule has 288 valence electrons. The van der Waals surface area contributed by atoms with Gasteiger partial charge in [-0.1, -0.05) is 212 Å². The molecule has 10 aromatic carbocycles. The summed E-state index contributed by atoms with van der Waals surface area (Å²) in [4.78, 5) is 5.24. The van der Waals surface area contributed by atoms with Gasteiger partial charge in [0.1, 0.15) is 0 Å². The van der Waals surface area contributed by atoms with Gasteiger partial charge in [0.05, 0.1) is 17.7 Å². The molecule has 0 aromatic heterocycles. The molecule has 0 unspecified atom stereocenters. The topological polar surface area (TPSA) is 38.4 Å². The summed E-state index contributed by atoms with van der Waals surface area (Å²) >= 11 is 0. The van der Waals surface area contributed by atoms with Crippen LogP contribution in [0.15, 0.2) is 236 Å². The van der Waals surface area contributed by atoms with Crippen molar-refractivity contribution < 1.29 is 0 Å². The smallest absolute Gasteiger partial charge is 0.0713 e. The zero-order valence-corrected chi connectivity index (χ0v) is 33.7. The molecule has 0 saturated carbocycles. The Bertz CT molecular complexity index is 3270. The normalized spacial score (nSPS) is 13.4. The van der Waals surface area contributed by atoms with Gasteiger partial charge in [-0.05, 0) is 112 Å².